The van der Waals surface area contributed by atoms with Crippen LogP contribution in [0.4, 0.5) is 8.78 Å². The minimum atomic E-state index is -0.875. The number of carbonyl (C=O) groups excluding carboxylic acids is 1. The maximum atomic E-state index is 13.3. The number of carboxylic acid groups (broad SMARTS) is 1. The first-order valence-electron chi connectivity index (χ1n) is 10.7. The molecule has 4 rings (SSSR count). The molecule has 2 N–H and O–H groups in total. The average Bonchev–Trinajstić information content (AvgIpc) is 3.18. The van der Waals surface area contributed by atoms with E-state index in [-0.39, 0.29) is 24.5 Å². The molecular weight excluding hydrogens is 410 g/mol. The molecule has 2 aliphatic heterocycles. The summed E-state index contributed by atoms with van der Waals surface area (Å²) in [6, 6.07) is 3.95. The van der Waals surface area contributed by atoms with E-state index in [0.717, 1.165) is 44.6 Å². The Labute approximate surface area is 180 Å². The fourth-order valence-electron chi connectivity index (χ4n) is 5.02. The van der Waals surface area contributed by atoms with E-state index in [1.54, 1.807) is 0 Å². The van der Waals surface area contributed by atoms with Gasteiger partial charge in [0.05, 0.1) is 19.3 Å². The Morgan fingerprint density at radius 2 is 1.77 bits per heavy atom. The number of hydrogen-bond donors (Lipinski definition) is 2. The topological polar surface area (TPSA) is 90.3 Å². The van der Waals surface area contributed by atoms with Gasteiger partial charge in [-0.1, -0.05) is 6.07 Å². The van der Waals surface area contributed by atoms with E-state index in [4.69, 9.17) is 14.6 Å². The normalized spacial score (nSPS) is 28.4. The van der Waals surface area contributed by atoms with Gasteiger partial charge in [0.25, 0.3) is 6.47 Å². The van der Waals surface area contributed by atoms with Crippen molar-refractivity contribution in [2.45, 2.75) is 37.8 Å². The van der Waals surface area contributed by atoms with E-state index in [1.165, 1.54) is 6.07 Å². The van der Waals surface area contributed by atoms with Crippen molar-refractivity contribution in [2.75, 3.05) is 39.4 Å². The van der Waals surface area contributed by atoms with Crippen LogP contribution in [0.1, 0.15) is 24.8 Å². The number of amides is 1. The van der Waals surface area contributed by atoms with Crippen LogP contribution in [0.15, 0.2) is 18.2 Å². The maximum Gasteiger partial charge on any atom is 0.290 e. The summed E-state index contributed by atoms with van der Waals surface area (Å²) in [5.41, 5.74) is 0.631. The van der Waals surface area contributed by atoms with Crippen molar-refractivity contribution in [2.24, 2.45) is 11.8 Å². The van der Waals surface area contributed by atoms with E-state index in [9.17, 15) is 18.7 Å². The highest BCUT2D eigenvalue weighted by Crippen LogP contribution is 2.38. The summed E-state index contributed by atoms with van der Waals surface area (Å²) < 4.78 is 31.8. The summed E-state index contributed by atoms with van der Waals surface area (Å²) in [5, 5.41) is 17.5. The summed E-state index contributed by atoms with van der Waals surface area (Å²) in [4.78, 5) is 25.2. The van der Waals surface area contributed by atoms with Crippen LogP contribution >= 0.6 is 0 Å². The number of carbonyl (C=O) groups is 2. The minimum Gasteiger partial charge on any atom is -0.483 e. The molecule has 0 radical (unpaired) electrons. The molecule has 0 spiro atoms. The summed E-state index contributed by atoms with van der Waals surface area (Å²) >= 11 is 0. The lowest BCUT2D eigenvalue weighted by molar-refractivity contribution is -0.130. The maximum absolute atomic E-state index is 13.3. The monoisotopic (exact) mass is 440 g/mol. The van der Waals surface area contributed by atoms with E-state index in [1.807, 2.05) is 4.90 Å². The summed E-state index contributed by atoms with van der Waals surface area (Å²) in [6.45, 7) is 4.31. The SMILES string of the molecule is O=C(CCc1ccc(F)c(F)c1)N1C[C@H]2C[C@@H](N3CCOCC3)[C@H](O)C[C@H]2C1.O=CO. The van der Waals surface area contributed by atoms with Crippen LogP contribution in [-0.2, 0) is 20.7 Å². The van der Waals surface area contributed by atoms with Gasteiger partial charge in [-0.25, -0.2) is 8.78 Å². The molecule has 2 saturated heterocycles. The number of halogens is 2. The molecular formula is C22H30F2N2O5. The van der Waals surface area contributed by atoms with Crippen molar-refractivity contribution in [3.63, 3.8) is 0 Å². The zero-order chi connectivity index (χ0) is 22.4. The Bertz CT molecular complexity index is 759. The molecule has 1 aromatic rings. The van der Waals surface area contributed by atoms with Gasteiger partial charge in [-0.3, -0.25) is 14.5 Å². The van der Waals surface area contributed by atoms with Crippen LogP contribution < -0.4 is 0 Å². The molecule has 172 valence electrons. The van der Waals surface area contributed by atoms with Crippen LogP contribution in [0, 0.1) is 23.5 Å². The van der Waals surface area contributed by atoms with Crippen molar-refractivity contribution >= 4 is 12.4 Å². The number of nitrogens with zero attached hydrogens (tertiary/aromatic N) is 2. The van der Waals surface area contributed by atoms with Gasteiger partial charge in [-0.15, -0.1) is 0 Å². The Morgan fingerprint density at radius 3 is 2.42 bits per heavy atom. The van der Waals surface area contributed by atoms with Crippen molar-refractivity contribution in [3.8, 4) is 0 Å². The average molecular weight is 440 g/mol. The molecule has 0 bridgehead atoms. The predicted octanol–water partition coefficient (Wildman–Crippen LogP) is 1.53. The molecule has 2 heterocycles. The highest BCUT2D eigenvalue weighted by molar-refractivity contribution is 5.76. The van der Waals surface area contributed by atoms with E-state index in [0.29, 0.717) is 50.0 Å². The number of likely N-dealkylation sites (tertiary alicyclic amines) is 1. The first-order chi connectivity index (χ1) is 14.9. The van der Waals surface area contributed by atoms with Crippen LogP contribution in [0.5, 0.6) is 0 Å². The van der Waals surface area contributed by atoms with E-state index >= 15 is 0 Å². The van der Waals surface area contributed by atoms with Gasteiger partial charge in [0.1, 0.15) is 0 Å². The second-order valence-electron chi connectivity index (χ2n) is 8.43. The van der Waals surface area contributed by atoms with Crippen LogP contribution in [0.3, 0.4) is 0 Å². The van der Waals surface area contributed by atoms with Gasteiger partial charge < -0.3 is 19.8 Å². The third-order valence-corrected chi connectivity index (χ3v) is 6.59. The number of morpholine rings is 1. The van der Waals surface area contributed by atoms with Crippen molar-refractivity contribution in [1.29, 1.82) is 0 Å². The number of rotatable bonds is 4. The number of fused-ring (bicyclic) bond motifs is 1. The molecule has 0 unspecified atom stereocenters. The zero-order valence-corrected chi connectivity index (χ0v) is 17.5. The number of benzene rings is 1. The fraction of sp³-hybridized carbons (Fsp3) is 0.636. The number of hydrogen-bond acceptors (Lipinski definition) is 5. The molecule has 31 heavy (non-hydrogen) atoms. The molecule has 3 fully saturated rings. The van der Waals surface area contributed by atoms with Gasteiger partial charge in [0.2, 0.25) is 5.91 Å². The quantitative estimate of drug-likeness (QED) is 0.691. The first kappa shape index (κ1) is 23.6. The van der Waals surface area contributed by atoms with Gasteiger partial charge in [-0.05, 0) is 48.8 Å². The standard InChI is InChI=1S/C21H28F2N2O3.CH2O2/c22-17-3-1-14(9-18(17)23)2-4-21(27)25-12-15-10-19(20(26)11-16(15)13-25)24-5-7-28-8-6-24;2-1-3/h1,3,9,15-16,19-20,26H,2,4-8,10-13H2;1H,(H,2,3)/t15-,16+,19-,20-;/m1./s1. The second-order valence-corrected chi connectivity index (χ2v) is 8.43. The Balaban J connectivity index is 0.000000858. The minimum absolute atomic E-state index is 0.0524. The summed E-state index contributed by atoms with van der Waals surface area (Å²) in [5.74, 6) is -0.924. The fourth-order valence-corrected chi connectivity index (χ4v) is 5.02. The number of aliphatic hydroxyl groups excluding tert-OH is 1. The van der Waals surface area contributed by atoms with Crippen molar-refractivity contribution in [1.82, 2.24) is 9.80 Å². The third-order valence-electron chi connectivity index (χ3n) is 6.59. The largest absolute Gasteiger partial charge is 0.483 e. The molecule has 1 saturated carbocycles. The van der Waals surface area contributed by atoms with Crippen LogP contribution in [0.2, 0.25) is 0 Å². The molecule has 0 aromatic heterocycles. The van der Waals surface area contributed by atoms with Crippen LogP contribution in [-0.4, -0.2) is 83.9 Å². The number of ether oxygens (including phenoxy) is 1. The zero-order valence-electron chi connectivity index (χ0n) is 17.5. The summed E-state index contributed by atoms with van der Waals surface area (Å²) in [7, 11) is 0. The lowest BCUT2D eigenvalue weighted by Gasteiger charge is -2.43. The summed E-state index contributed by atoms with van der Waals surface area (Å²) in [6.07, 6.45) is 2.00. The third kappa shape index (κ3) is 5.99. The molecule has 9 heteroatoms. The molecule has 3 aliphatic rings. The lowest BCUT2D eigenvalue weighted by Crippen LogP contribution is -2.53. The molecule has 7 nitrogen and oxygen atoms in total. The van der Waals surface area contributed by atoms with Crippen molar-refractivity contribution in [3.05, 3.63) is 35.4 Å². The Hall–Kier alpha value is -2.10. The number of aryl methyl sites for hydroxylation is 1. The molecule has 1 amide bonds. The van der Waals surface area contributed by atoms with Gasteiger partial charge in [0.15, 0.2) is 11.6 Å². The highest BCUT2D eigenvalue weighted by atomic mass is 19.2. The molecule has 1 aromatic carbocycles. The predicted molar refractivity (Wildman–Crippen MR) is 108 cm³/mol. The van der Waals surface area contributed by atoms with E-state index < -0.39 is 11.6 Å². The van der Waals surface area contributed by atoms with Gasteiger partial charge >= 0.3 is 0 Å². The highest BCUT2D eigenvalue weighted by Gasteiger charge is 2.44. The van der Waals surface area contributed by atoms with Gasteiger partial charge in [-0.2, -0.15) is 0 Å². The van der Waals surface area contributed by atoms with Gasteiger partial charge in [0, 0.05) is 38.6 Å². The van der Waals surface area contributed by atoms with Crippen molar-refractivity contribution < 1.29 is 33.3 Å². The number of aliphatic hydroxyl groups is 1. The lowest BCUT2D eigenvalue weighted by atomic mass is 9.77. The first-order valence-corrected chi connectivity index (χ1v) is 10.7. The smallest absolute Gasteiger partial charge is 0.290 e. The Morgan fingerprint density at radius 1 is 1.13 bits per heavy atom. The molecule has 1 aliphatic carbocycles. The van der Waals surface area contributed by atoms with Crippen LogP contribution in [0.25, 0.3) is 0 Å². The van der Waals surface area contributed by atoms with E-state index in [2.05, 4.69) is 4.90 Å². The molecule has 4 atom stereocenters. The Kier molecular flexibility index (Phi) is 8.34. The second kappa shape index (κ2) is 11.0.